The van der Waals surface area contributed by atoms with E-state index in [0.717, 1.165) is 44.2 Å². The Kier molecular flexibility index (Phi) is 5.17. The molecular formula is C20H25F3N2O3S. The van der Waals surface area contributed by atoms with Crippen molar-refractivity contribution >= 4 is 15.9 Å². The highest BCUT2D eigenvalue weighted by Gasteiger charge is 2.51. The number of sulfonamides is 1. The number of benzene rings is 1. The molecule has 1 heterocycles. The fourth-order valence-corrected chi connectivity index (χ4v) is 6.42. The lowest BCUT2D eigenvalue weighted by Crippen LogP contribution is -2.66. The molecule has 5 nitrogen and oxygen atoms in total. The van der Waals surface area contributed by atoms with Crippen LogP contribution in [0.3, 0.4) is 0 Å². The molecular weight excluding hydrogens is 405 g/mol. The Morgan fingerprint density at radius 1 is 1.10 bits per heavy atom. The number of carbonyl (C=O) groups excluding carboxylic acids is 1. The molecule has 0 unspecified atom stereocenters. The molecule has 160 valence electrons. The molecule has 0 N–H and O–H groups in total. The van der Waals surface area contributed by atoms with Gasteiger partial charge in [0, 0.05) is 13.1 Å². The normalized spacial score (nSPS) is 23.6. The van der Waals surface area contributed by atoms with E-state index in [2.05, 4.69) is 0 Å². The summed E-state index contributed by atoms with van der Waals surface area (Å²) in [6, 6.07) is 3.82. The first-order valence-electron chi connectivity index (χ1n) is 10.1. The predicted octanol–water partition coefficient (Wildman–Crippen LogP) is 3.65. The van der Waals surface area contributed by atoms with Crippen molar-refractivity contribution in [3.63, 3.8) is 0 Å². The molecule has 2 saturated carbocycles. The van der Waals surface area contributed by atoms with Gasteiger partial charge in [-0.3, -0.25) is 4.79 Å². The quantitative estimate of drug-likeness (QED) is 0.733. The zero-order valence-electron chi connectivity index (χ0n) is 16.1. The van der Waals surface area contributed by atoms with Gasteiger partial charge in [-0.25, -0.2) is 8.42 Å². The molecule has 3 fully saturated rings. The van der Waals surface area contributed by atoms with E-state index in [9.17, 15) is 26.4 Å². The second-order valence-corrected chi connectivity index (χ2v) is 10.4. The molecule has 9 heteroatoms. The maximum Gasteiger partial charge on any atom is 0.416 e. The van der Waals surface area contributed by atoms with Crippen LogP contribution in [-0.4, -0.2) is 48.7 Å². The van der Waals surface area contributed by atoms with Gasteiger partial charge in [0.1, 0.15) is 0 Å². The second-order valence-electron chi connectivity index (χ2n) is 8.54. The summed E-state index contributed by atoms with van der Waals surface area (Å²) >= 11 is 0. The van der Waals surface area contributed by atoms with Gasteiger partial charge >= 0.3 is 6.18 Å². The van der Waals surface area contributed by atoms with Crippen LogP contribution in [0.4, 0.5) is 13.2 Å². The molecule has 3 aliphatic rings. The van der Waals surface area contributed by atoms with Gasteiger partial charge in [0.05, 0.1) is 22.5 Å². The molecule has 29 heavy (non-hydrogen) atoms. The molecule has 1 aromatic rings. The fraction of sp³-hybridized carbons (Fsp3) is 0.650. The summed E-state index contributed by atoms with van der Waals surface area (Å²) < 4.78 is 67.4. The Hall–Kier alpha value is -1.61. The molecule has 1 spiro atoms. The minimum absolute atomic E-state index is 0.261. The molecule has 0 bridgehead atoms. The summed E-state index contributed by atoms with van der Waals surface area (Å²) in [4.78, 5) is 14.1. The molecule has 4 rings (SSSR count). The van der Waals surface area contributed by atoms with Crippen LogP contribution in [0.5, 0.6) is 0 Å². The third-order valence-corrected chi connectivity index (χ3v) is 8.30. The lowest BCUT2D eigenvalue weighted by Gasteiger charge is -2.51. The number of carbonyl (C=O) groups is 1. The fourth-order valence-electron chi connectivity index (χ4n) is 4.61. The predicted molar refractivity (Wildman–Crippen MR) is 100 cm³/mol. The highest BCUT2D eigenvalue weighted by Crippen LogP contribution is 2.42. The van der Waals surface area contributed by atoms with Crippen molar-refractivity contribution in [3.05, 3.63) is 29.8 Å². The van der Waals surface area contributed by atoms with Crippen molar-refractivity contribution in [2.24, 2.45) is 5.92 Å². The summed E-state index contributed by atoms with van der Waals surface area (Å²) in [7, 11) is -4.24. The molecule has 1 saturated heterocycles. The van der Waals surface area contributed by atoms with Crippen molar-refractivity contribution in [1.82, 2.24) is 9.21 Å². The van der Waals surface area contributed by atoms with Crippen LogP contribution in [0.1, 0.15) is 50.5 Å². The van der Waals surface area contributed by atoms with Crippen molar-refractivity contribution in [1.29, 1.82) is 0 Å². The number of nitrogens with zero attached hydrogens (tertiary/aromatic N) is 2. The Morgan fingerprint density at radius 2 is 1.79 bits per heavy atom. The zero-order valence-corrected chi connectivity index (χ0v) is 16.9. The van der Waals surface area contributed by atoms with Gasteiger partial charge in [-0.05, 0) is 49.8 Å². The Balaban J connectivity index is 1.70. The summed E-state index contributed by atoms with van der Waals surface area (Å²) in [5.41, 5.74) is -1.73. The van der Waals surface area contributed by atoms with Gasteiger partial charge in [0.15, 0.2) is 0 Å². The largest absolute Gasteiger partial charge is 0.416 e. The minimum Gasteiger partial charge on any atom is -0.339 e. The summed E-state index contributed by atoms with van der Waals surface area (Å²) in [5, 5.41) is 0. The van der Waals surface area contributed by atoms with Crippen LogP contribution in [0.25, 0.3) is 0 Å². The summed E-state index contributed by atoms with van der Waals surface area (Å²) in [5.74, 6) is 0.231. The van der Waals surface area contributed by atoms with Gasteiger partial charge in [0.2, 0.25) is 15.9 Å². The van der Waals surface area contributed by atoms with Gasteiger partial charge in [-0.2, -0.15) is 17.5 Å². The summed E-state index contributed by atoms with van der Waals surface area (Å²) in [6.07, 6.45) is 1.48. The van der Waals surface area contributed by atoms with E-state index >= 15 is 0 Å². The van der Waals surface area contributed by atoms with Crippen molar-refractivity contribution < 1.29 is 26.4 Å². The molecule has 1 aliphatic heterocycles. The molecule has 1 amide bonds. The standard InChI is InChI=1S/C20H25F3N2O3S/c21-20(22,23)16-5-4-6-17(11-16)29(27,28)25-13-18(26)24(12-15-7-8-15)14-19(25)9-2-1-3-10-19/h4-6,11,15H,1-3,7-10,12-14H2. The smallest absolute Gasteiger partial charge is 0.339 e. The second kappa shape index (κ2) is 7.27. The highest BCUT2D eigenvalue weighted by atomic mass is 32.2. The van der Waals surface area contributed by atoms with E-state index < -0.39 is 32.2 Å². The number of halogens is 3. The number of amides is 1. The number of alkyl halides is 3. The molecule has 0 atom stereocenters. The van der Waals surface area contributed by atoms with Gasteiger partial charge in [0.25, 0.3) is 0 Å². The van der Waals surface area contributed by atoms with Crippen LogP contribution >= 0.6 is 0 Å². The van der Waals surface area contributed by atoms with Crippen molar-refractivity contribution in [2.45, 2.75) is 61.6 Å². The van der Waals surface area contributed by atoms with Crippen molar-refractivity contribution in [2.75, 3.05) is 19.6 Å². The first kappa shape index (κ1) is 20.7. The Morgan fingerprint density at radius 3 is 2.41 bits per heavy atom. The number of hydrogen-bond acceptors (Lipinski definition) is 3. The molecule has 0 aromatic heterocycles. The third-order valence-electron chi connectivity index (χ3n) is 6.35. The first-order chi connectivity index (χ1) is 13.6. The van der Waals surface area contributed by atoms with Crippen molar-refractivity contribution in [3.8, 4) is 0 Å². The average molecular weight is 430 g/mol. The average Bonchev–Trinajstić information content (AvgIpc) is 3.49. The van der Waals surface area contributed by atoms with E-state index in [1.165, 1.54) is 10.4 Å². The van der Waals surface area contributed by atoms with E-state index in [1.807, 2.05) is 0 Å². The minimum atomic E-state index is -4.63. The summed E-state index contributed by atoms with van der Waals surface area (Å²) in [6.45, 7) is 0.684. The molecule has 1 aromatic carbocycles. The topological polar surface area (TPSA) is 57.7 Å². The van der Waals surface area contributed by atoms with E-state index in [0.29, 0.717) is 37.9 Å². The lowest BCUT2D eigenvalue weighted by molar-refractivity contribution is -0.140. The third kappa shape index (κ3) is 4.03. The van der Waals surface area contributed by atoms with E-state index in [4.69, 9.17) is 0 Å². The first-order valence-corrected chi connectivity index (χ1v) is 11.5. The van der Waals surface area contributed by atoms with Gasteiger partial charge in [-0.15, -0.1) is 0 Å². The molecule has 2 aliphatic carbocycles. The Bertz CT molecular complexity index is 890. The van der Waals surface area contributed by atoms with Gasteiger partial charge < -0.3 is 4.90 Å². The zero-order chi connectivity index (χ0) is 20.9. The monoisotopic (exact) mass is 430 g/mol. The highest BCUT2D eigenvalue weighted by molar-refractivity contribution is 7.89. The van der Waals surface area contributed by atoms with E-state index in [-0.39, 0.29) is 12.5 Å². The Labute approximate surface area is 168 Å². The lowest BCUT2D eigenvalue weighted by atomic mass is 9.80. The van der Waals surface area contributed by atoms with E-state index in [1.54, 1.807) is 4.90 Å². The molecule has 0 radical (unpaired) electrons. The SMILES string of the molecule is O=C1CN(S(=O)(=O)c2cccc(C(F)(F)F)c2)C2(CCCCC2)CN1CC1CC1. The maximum atomic E-state index is 13.4. The number of hydrogen-bond donors (Lipinski definition) is 0. The van der Waals surface area contributed by atoms with Crippen LogP contribution < -0.4 is 0 Å². The van der Waals surface area contributed by atoms with Gasteiger partial charge in [-0.1, -0.05) is 25.3 Å². The van der Waals surface area contributed by atoms with Crippen LogP contribution in [0, 0.1) is 5.92 Å². The maximum absolute atomic E-state index is 13.4. The van der Waals surface area contributed by atoms with Crippen LogP contribution in [0.2, 0.25) is 0 Å². The number of piperazine rings is 1. The van der Waals surface area contributed by atoms with Crippen LogP contribution in [-0.2, 0) is 21.0 Å². The number of rotatable bonds is 4. The van der Waals surface area contributed by atoms with Crippen LogP contribution in [0.15, 0.2) is 29.2 Å².